The summed E-state index contributed by atoms with van der Waals surface area (Å²) in [5.74, 6) is 1.88. The Hall–Kier alpha value is -3.20. The van der Waals surface area contributed by atoms with Gasteiger partial charge in [0.25, 0.3) is 0 Å². The van der Waals surface area contributed by atoms with Gasteiger partial charge in [0.2, 0.25) is 5.95 Å². The van der Waals surface area contributed by atoms with Crippen LogP contribution in [0.3, 0.4) is 0 Å². The van der Waals surface area contributed by atoms with Gasteiger partial charge in [-0.25, -0.2) is 24.9 Å². The predicted octanol–water partition coefficient (Wildman–Crippen LogP) is 1.55. The molecule has 1 aliphatic carbocycles. The zero-order valence-electron chi connectivity index (χ0n) is 14.7. The third-order valence-electron chi connectivity index (χ3n) is 4.63. The lowest BCUT2D eigenvalue weighted by molar-refractivity contribution is 0.229. The zero-order chi connectivity index (χ0) is 18.6. The molecule has 3 heterocycles. The monoisotopic (exact) mass is 364 g/mol. The third kappa shape index (κ3) is 3.68. The third-order valence-corrected chi connectivity index (χ3v) is 4.63. The topological polar surface area (TPSA) is 136 Å². The van der Waals surface area contributed by atoms with E-state index >= 15 is 0 Å². The van der Waals surface area contributed by atoms with Gasteiger partial charge in [-0.15, -0.1) is 0 Å². The maximum absolute atomic E-state index is 9.41. The molecule has 27 heavy (non-hydrogen) atoms. The van der Waals surface area contributed by atoms with Gasteiger partial charge in [-0.1, -0.05) is 0 Å². The smallest absolute Gasteiger partial charge is 0.222 e. The highest BCUT2D eigenvalue weighted by molar-refractivity contribution is 5.83. The first kappa shape index (κ1) is 17.2. The van der Waals surface area contributed by atoms with Gasteiger partial charge in [-0.05, 0) is 37.3 Å². The van der Waals surface area contributed by atoms with Gasteiger partial charge in [0, 0.05) is 37.4 Å². The van der Waals surface area contributed by atoms with E-state index in [1.165, 1.54) is 0 Å². The molecule has 1 fully saturated rings. The van der Waals surface area contributed by atoms with Crippen molar-refractivity contribution in [3.8, 4) is 22.9 Å². The minimum absolute atomic E-state index is 0.122. The van der Waals surface area contributed by atoms with Gasteiger partial charge in [-0.2, -0.15) is 4.98 Å². The minimum atomic E-state index is 0.122. The van der Waals surface area contributed by atoms with Crippen molar-refractivity contribution >= 4 is 11.8 Å². The first-order valence-corrected chi connectivity index (χ1v) is 8.84. The molecule has 0 aromatic carbocycles. The Morgan fingerprint density at radius 3 is 2.26 bits per heavy atom. The van der Waals surface area contributed by atoms with Crippen molar-refractivity contribution < 1.29 is 5.11 Å². The quantitative estimate of drug-likeness (QED) is 0.616. The molecular formula is C18H20N8O. The number of rotatable bonds is 5. The Morgan fingerprint density at radius 1 is 0.963 bits per heavy atom. The molecule has 2 atom stereocenters. The van der Waals surface area contributed by atoms with E-state index in [0.29, 0.717) is 34.6 Å². The molecule has 3 aromatic rings. The number of nitrogens with one attached hydrogen (secondary N) is 1. The minimum Gasteiger partial charge on any atom is -0.396 e. The predicted molar refractivity (Wildman–Crippen MR) is 100 cm³/mol. The van der Waals surface area contributed by atoms with Crippen LogP contribution in [-0.2, 0) is 0 Å². The number of aliphatic hydroxyl groups excluding tert-OH is 1. The average Bonchev–Trinajstić information content (AvgIpc) is 3.16. The van der Waals surface area contributed by atoms with Gasteiger partial charge in [-0.3, -0.25) is 0 Å². The first-order chi connectivity index (χ1) is 13.2. The lowest BCUT2D eigenvalue weighted by Gasteiger charge is -2.18. The molecule has 0 radical (unpaired) electrons. The maximum Gasteiger partial charge on any atom is 0.222 e. The van der Waals surface area contributed by atoms with Crippen LogP contribution >= 0.6 is 0 Å². The fourth-order valence-electron chi connectivity index (χ4n) is 3.37. The summed E-state index contributed by atoms with van der Waals surface area (Å²) in [6, 6.07) is 3.67. The second-order valence-corrected chi connectivity index (χ2v) is 6.50. The van der Waals surface area contributed by atoms with Crippen molar-refractivity contribution in [2.24, 2.45) is 5.92 Å². The Labute approximate surface area is 156 Å². The van der Waals surface area contributed by atoms with Crippen LogP contribution in [0.4, 0.5) is 11.8 Å². The second-order valence-electron chi connectivity index (χ2n) is 6.50. The molecule has 0 unspecified atom stereocenters. The SMILES string of the molecule is Nc1nc(N[C@H]2CC[C@@H](CO)C2)c(-c2ncccn2)c(-c2ncccn2)n1. The molecule has 0 spiro atoms. The standard InChI is InChI=1S/C18H20N8O/c19-18-25-14(17-22-7-2-8-23-17)13(15-20-5-1-6-21-15)16(26-18)24-12-4-3-11(9-12)10-27/h1-2,5-8,11-12,27H,3-4,9-10H2,(H3,19,24,25,26)/t11-,12+/m1/s1. The average molecular weight is 364 g/mol. The number of hydrogen-bond donors (Lipinski definition) is 3. The molecule has 4 rings (SSSR count). The molecular weight excluding hydrogens is 344 g/mol. The van der Waals surface area contributed by atoms with Crippen molar-refractivity contribution in [1.29, 1.82) is 0 Å². The molecule has 1 saturated carbocycles. The second kappa shape index (κ2) is 7.58. The van der Waals surface area contributed by atoms with E-state index in [-0.39, 0.29) is 18.6 Å². The van der Waals surface area contributed by atoms with E-state index in [1.807, 2.05) is 0 Å². The fraction of sp³-hybridized carbons (Fsp3) is 0.333. The molecule has 9 heteroatoms. The van der Waals surface area contributed by atoms with Crippen LogP contribution in [0, 0.1) is 5.92 Å². The summed E-state index contributed by atoms with van der Waals surface area (Å²) in [4.78, 5) is 26.1. The van der Waals surface area contributed by atoms with E-state index in [4.69, 9.17) is 5.73 Å². The van der Waals surface area contributed by atoms with E-state index in [2.05, 4.69) is 35.2 Å². The Kier molecular flexibility index (Phi) is 4.84. The van der Waals surface area contributed by atoms with E-state index < -0.39 is 0 Å². The lowest BCUT2D eigenvalue weighted by Crippen LogP contribution is -2.19. The van der Waals surface area contributed by atoms with Gasteiger partial charge in [0.1, 0.15) is 11.5 Å². The maximum atomic E-state index is 9.41. The van der Waals surface area contributed by atoms with E-state index in [0.717, 1.165) is 19.3 Å². The first-order valence-electron chi connectivity index (χ1n) is 8.84. The van der Waals surface area contributed by atoms with Crippen LogP contribution in [0.5, 0.6) is 0 Å². The molecule has 3 aromatic heterocycles. The van der Waals surface area contributed by atoms with Crippen molar-refractivity contribution in [3.63, 3.8) is 0 Å². The summed E-state index contributed by atoms with van der Waals surface area (Å²) in [6.07, 6.45) is 9.40. The molecule has 4 N–H and O–H groups in total. The van der Waals surface area contributed by atoms with Gasteiger partial charge in [0.15, 0.2) is 11.6 Å². The lowest BCUT2D eigenvalue weighted by atomic mass is 10.1. The number of aliphatic hydroxyl groups is 1. The van der Waals surface area contributed by atoms with E-state index in [9.17, 15) is 5.11 Å². The number of anilines is 2. The summed E-state index contributed by atoms with van der Waals surface area (Å²) >= 11 is 0. The number of hydrogen-bond acceptors (Lipinski definition) is 9. The van der Waals surface area contributed by atoms with Crippen LogP contribution in [0.2, 0.25) is 0 Å². The highest BCUT2D eigenvalue weighted by Crippen LogP contribution is 2.35. The van der Waals surface area contributed by atoms with Crippen LogP contribution in [0.25, 0.3) is 22.9 Å². The van der Waals surface area contributed by atoms with Crippen LogP contribution in [-0.4, -0.2) is 47.7 Å². The molecule has 0 bridgehead atoms. The molecule has 0 saturated heterocycles. The van der Waals surface area contributed by atoms with E-state index in [1.54, 1.807) is 36.9 Å². The van der Waals surface area contributed by atoms with Crippen molar-refractivity contribution in [1.82, 2.24) is 29.9 Å². The molecule has 1 aliphatic rings. The van der Waals surface area contributed by atoms with Crippen molar-refractivity contribution in [2.45, 2.75) is 25.3 Å². The van der Waals surface area contributed by atoms with Gasteiger partial charge >= 0.3 is 0 Å². The molecule has 9 nitrogen and oxygen atoms in total. The van der Waals surface area contributed by atoms with Crippen molar-refractivity contribution in [3.05, 3.63) is 36.9 Å². The summed E-state index contributed by atoms with van der Waals surface area (Å²) in [6.45, 7) is 0.196. The molecule has 138 valence electrons. The number of nitrogen functional groups attached to an aromatic ring is 1. The number of nitrogens with zero attached hydrogens (tertiary/aromatic N) is 6. The number of nitrogens with two attached hydrogens (primary N) is 1. The number of aromatic nitrogens is 6. The van der Waals surface area contributed by atoms with Crippen LogP contribution in [0.15, 0.2) is 36.9 Å². The van der Waals surface area contributed by atoms with Gasteiger partial charge in [0.05, 0.1) is 5.56 Å². The summed E-state index contributed by atoms with van der Waals surface area (Å²) in [7, 11) is 0. The van der Waals surface area contributed by atoms with Crippen LogP contribution in [0.1, 0.15) is 19.3 Å². The largest absolute Gasteiger partial charge is 0.396 e. The molecule has 0 aliphatic heterocycles. The molecule has 0 amide bonds. The normalized spacial score (nSPS) is 19.1. The zero-order valence-corrected chi connectivity index (χ0v) is 14.7. The summed E-state index contributed by atoms with van der Waals surface area (Å²) in [5.41, 5.74) is 7.07. The Morgan fingerprint density at radius 2 is 1.63 bits per heavy atom. The Balaban J connectivity index is 1.81. The van der Waals surface area contributed by atoms with Gasteiger partial charge < -0.3 is 16.2 Å². The van der Waals surface area contributed by atoms with Crippen LogP contribution < -0.4 is 11.1 Å². The Bertz CT molecular complexity index is 906. The highest BCUT2D eigenvalue weighted by Gasteiger charge is 2.27. The summed E-state index contributed by atoms with van der Waals surface area (Å²) in [5, 5.41) is 12.9. The highest BCUT2D eigenvalue weighted by atomic mass is 16.3. The summed E-state index contributed by atoms with van der Waals surface area (Å²) < 4.78 is 0. The van der Waals surface area contributed by atoms with Crippen molar-refractivity contribution in [2.75, 3.05) is 17.7 Å². The fourth-order valence-corrected chi connectivity index (χ4v) is 3.37.